The van der Waals surface area contributed by atoms with Crippen LogP contribution in [0.4, 0.5) is 4.39 Å². The maximum absolute atomic E-state index is 13.6. The van der Waals surface area contributed by atoms with Crippen LogP contribution in [-0.2, 0) is 17.7 Å². The number of rotatable bonds is 7. The Hall–Kier alpha value is -2.91. The van der Waals surface area contributed by atoms with E-state index in [0.29, 0.717) is 37.8 Å². The van der Waals surface area contributed by atoms with E-state index in [1.807, 2.05) is 18.4 Å². The molecule has 0 aliphatic carbocycles. The number of nitrogens with zero attached hydrogens (tertiary/aromatic N) is 2. The van der Waals surface area contributed by atoms with Crippen molar-refractivity contribution in [2.75, 3.05) is 32.9 Å². The second-order valence-corrected chi connectivity index (χ2v) is 8.80. The lowest BCUT2D eigenvalue weighted by Gasteiger charge is -2.15. The van der Waals surface area contributed by atoms with Crippen LogP contribution in [-0.4, -0.2) is 43.1 Å². The van der Waals surface area contributed by atoms with Crippen LogP contribution in [0.1, 0.15) is 16.8 Å². The molecule has 0 saturated heterocycles. The van der Waals surface area contributed by atoms with Crippen molar-refractivity contribution in [3.8, 4) is 17.0 Å². The highest BCUT2D eigenvalue weighted by molar-refractivity contribution is 7.17. The molecule has 3 N–H and O–H groups in total. The minimum Gasteiger partial charge on any atom is -0.490 e. The average molecular weight is 481 g/mol. The summed E-state index contributed by atoms with van der Waals surface area (Å²) in [7, 11) is 0. The molecule has 3 heterocycles. The maximum atomic E-state index is 13.6. The zero-order valence-corrected chi connectivity index (χ0v) is 20.0. The van der Waals surface area contributed by atoms with Crippen LogP contribution in [0, 0.1) is 12.7 Å². The molecule has 0 unspecified atom stereocenters. The number of halogens is 1. The summed E-state index contributed by atoms with van der Waals surface area (Å²) in [5.74, 6) is 0.0679. The number of benzene rings is 2. The molecule has 34 heavy (non-hydrogen) atoms. The topological polar surface area (TPSA) is 82.3 Å². The summed E-state index contributed by atoms with van der Waals surface area (Å²) >= 11 is 1.58. The van der Waals surface area contributed by atoms with Gasteiger partial charge in [-0.3, -0.25) is 0 Å². The third-order valence-electron chi connectivity index (χ3n) is 5.52. The van der Waals surface area contributed by atoms with Crippen LogP contribution in [0.15, 0.2) is 53.9 Å². The third-order valence-corrected chi connectivity index (χ3v) is 6.44. The monoisotopic (exact) mass is 480 g/mol. The standard InChI is InChI=1S/C17H18FN3O2S.C9H11N/c1-11-13-4-9-24-17(13)16(21-20-11)14-3-2-12(18)10-15(14)23-8-7-22-6-5-19;1-2-4-9-7-10-6-5-8(9)3-1/h2-4,9-10H,5-8,19H2,1H3;1-4,10H,5-7H2. The van der Waals surface area contributed by atoms with Crippen molar-refractivity contribution in [3.63, 3.8) is 0 Å². The molecule has 0 spiro atoms. The number of nitrogens with one attached hydrogen (secondary N) is 1. The number of ether oxygens (including phenoxy) is 2. The first-order chi connectivity index (χ1) is 16.7. The van der Waals surface area contributed by atoms with Crippen LogP contribution < -0.4 is 15.8 Å². The molecule has 0 bridgehead atoms. The fraction of sp³-hybridized carbons (Fsp3) is 0.308. The van der Waals surface area contributed by atoms with Gasteiger partial charge in [0.1, 0.15) is 23.9 Å². The third kappa shape index (κ3) is 5.95. The summed E-state index contributed by atoms with van der Waals surface area (Å²) in [6.45, 7) is 5.74. The van der Waals surface area contributed by atoms with Gasteiger partial charge in [0.05, 0.1) is 23.6 Å². The van der Waals surface area contributed by atoms with E-state index in [1.54, 1.807) is 17.4 Å². The highest BCUT2D eigenvalue weighted by Crippen LogP contribution is 2.36. The van der Waals surface area contributed by atoms with Gasteiger partial charge < -0.3 is 20.5 Å². The largest absolute Gasteiger partial charge is 0.490 e. The van der Waals surface area contributed by atoms with E-state index in [9.17, 15) is 4.39 Å². The smallest absolute Gasteiger partial charge is 0.131 e. The Morgan fingerprint density at radius 1 is 1.06 bits per heavy atom. The Labute approximate surface area is 202 Å². The van der Waals surface area contributed by atoms with Crippen LogP contribution in [0.2, 0.25) is 0 Å². The molecule has 0 saturated carbocycles. The van der Waals surface area contributed by atoms with Gasteiger partial charge in [-0.2, -0.15) is 5.10 Å². The van der Waals surface area contributed by atoms with E-state index in [0.717, 1.165) is 34.4 Å². The summed E-state index contributed by atoms with van der Waals surface area (Å²) in [4.78, 5) is 0. The molecule has 1 aliphatic heterocycles. The minimum atomic E-state index is -0.362. The van der Waals surface area contributed by atoms with Gasteiger partial charge in [-0.05, 0) is 54.6 Å². The molecule has 5 rings (SSSR count). The molecule has 0 amide bonds. The number of thiophene rings is 1. The number of nitrogens with two attached hydrogens (primary N) is 1. The predicted molar refractivity (Wildman–Crippen MR) is 135 cm³/mol. The summed E-state index contributed by atoms with van der Waals surface area (Å²) in [6, 6.07) is 15.1. The number of hydrogen-bond donors (Lipinski definition) is 2. The Morgan fingerprint density at radius 3 is 2.74 bits per heavy atom. The van der Waals surface area contributed by atoms with Crippen LogP contribution >= 0.6 is 11.3 Å². The van der Waals surface area contributed by atoms with E-state index in [2.05, 4.69) is 39.8 Å². The van der Waals surface area contributed by atoms with Gasteiger partial charge in [-0.25, -0.2) is 4.39 Å². The quantitative estimate of drug-likeness (QED) is 0.379. The molecule has 4 aromatic rings. The maximum Gasteiger partial charge on any atom is 0.131 e. The number of hydrogen-bond acceptors (Lipinski definition) is 7. The minimum absolute atomic E-state index is 0.309. The summed E-state index contributed by atoms with van der Waals surface area (Å²) in [6.07, 6.45) is 1.19. The Kier molecular flexibility index (Phi) is 8.54. The lowest BCUT2D eigenvalue weighted by Crippen LogP contribution is -2.23. The highest BCUT2D eigenvalue weighted by atomic mass is 32.1. The normalized spacial score (nSPS) is 12.7. The molecule has 0 fully saturated rings. The zero-order chi connectivity index (χ0) is 23.8. The Morgan fingerprint density at radius 2 is 1.91 bits per heavy atom. The fourth-order valence-electron chi connectivity index (χ4n) is 3.81. The second kappa shape index (κ2) is 12.0. The molecule has 0 atom stereocenters. The fourth-order valence-corrected chi connectivity index (χ4v) is 4.75. The molecular formula is C26H29FN4O2S. The molecule has 0 radical (unpaired) electrons. The SMILES string of the molecule is Cc1nnc(-c2ccc(F)cc2OCCOCCN)c2sccc12.c1ccc2c(c1)CCNC2. The second-order valence-electron chi connectivity index (χ2n) is 7.88. The van der Waals surface area contributed by atoms with Gasteiger partial charge in [0.2, 0.25) is 0 Å². The van der Waals surface area contributed by atoms with Crippen molar-refractivity contribution in [1.82, 2.24) is 15.5 Å². The van der Waals surface area contributed by atoms with Gasteiger partial charge in [-0.15, -0.1) is 16.4 Å². The van der Waals surface area contributed by atoms with Crippen molar-refractivity contribution in [1.29, 1.82) is 0 Å². The predicted octanol–water partition coefficient (Wildman–Crippen LogP) is 4.49. The summed E-state index contributed by atoms with van der Waals surface area (Å²) < 4.78 is 25.7. The van der Waals surface area contributed by atoms with E-state index in [4.69, 9.17) is 15.2 Å². The first kappa shape index (κ1) is 24.2. The molecule has 2 aromatic heterocycles. The van der Waals surface area contributed by atoms with E-state index >= 15 is 0 Å². The lowest BCUT2D eigenvalue weighted by atomic mass is 10.0. The first-order valence-corrected chi connectivity index (χ1v) is 12.2. The van der Waals surface area contributed by atoms with Gasteiger partial charge in [0.15, 0.2) is 0 Å². The van der Waals surface area contributed by atoms with Gasteiger partial charge in [0, 0.05) is 30.1 Å². The van der Waals surface area contributed by atoms with Gasteiger partial charge in [0.25, 0.3) is 0 Å². The number of aromatic nitrogens is 2. The van der Waals surface area contributed by atoms with E-state index in [1.165, 1.54) is 29.7 Å². The van der Waals surface area contributed by atoms with Gasteiger partial charge >= 0.3 is 0 Å². The first-order valence-electron chi connectivity index (χ1n) is 11.4. The van der Waals surface area contributed by atoms with Crippen LogP contribution in [0.5, 0.6) is 5.75 Å². The number of fused-ring (bicyclic) bond motifs is 2. The van der Waals surface area contributed by atoms with Crippen molar-refractivity contribution >= 4 is 21.4 Å². The molecule has 6 nitrogen and oxygen atoms in total. The lowest BCUT2D eigenvalue weighted by molar-refractivity contribution is 0.106. The van der Waals surface area contributed by atoms with Crippen LogP contribution in [0.25, 0.3) is 21.3 Å². The molecule has 178 valence electrons. The molecule has 1 aliphatic rings. The summed E-state index contributed by atoms with van der Waals surface area (Å²) in [5.41, 5.74) is 10.6. The zero-order valence-electron chi connectivity index (χ0n) is 19.2. The van der Waals surface area contributed by atoms with Crippen molar-refractivity contribution in [2.24, 2.45) is 5.73 Å². The Bertz CT molecular complexity index is 1210. The molecular weight excluding hydrogens is 451 g/mol. The number of aryl methyl sites for hydroxylation is 1. The van der Waals surface area contributed by atoms with Crippen molar-refractivity contribution in [2.45, 2.75) is 19.9 Å². The Balaban J connectivity index is 0.000000226. The molecule has 8 heteroatoms. The van der Waals surface area contributed by atoms with Crippen molar-refractivity contribution in [3.05, 3.63) is 76.5 Å². The van der Waals surface area contributed by atoms with E-state index in [-0.39, 0.29) is 5.82 Å². The van der Waals surface area contributed by atoms with Gasteiger partial charge in [-0.1, -0.05) is 24.3 Å². The summed E-state index contributed by atoms with van der Waals surface area (Å²) in [5, 5.41) is 14.9. The van der Waals surface area contributed by atoms with Crippen LogP contribution in [0.3, 0.4) is 0 Å². The molecule has 2 aromatic carbocycles. The van der Waals surface area contributed by atoms with Crippen molar-refractivity contribution < 1.29 is 13.9 Å². The van der Waals surface area contributed by atoms with E-state index < -0.39 is 0 Å². The highest BCUT2D eigenvalue weighted by Gasteiger charge is 2.15. The average Bonchev–Trinajstić information content (AvgIpc) is 3.36.